The van der Waals surface area contributed by atoms with E-state index >= 15 is 0 Å². The van der Waals surface area contributed by atoms with E-state index in [1.54, 1.807) is 0 Å². The Morgan fingerprint density at radius 1 is 0.684 bits per heavy atom. The first kappa shape index (κ1) is 23.3. The van der Waals surface area contributed by atoms with Gasteiger partial charge in [-0.3, -0.25) is 0 Å². The number of hydrogen-bond acceptors (Lipinski definition) is 6. The highest BCUT2D eigenvalue weighted by atomic mass is 16.5. The van der Waals surface area contributed by atoms with Gasteiger partial charge in [-0.2, -0.15) is 0 Å². The fraction of sp³-hybridized carbons (Fsp3) is 0.267. The van der Waals surface area contributed by atoms with Gasteiger partial charge in [0.25, 0.3) is 0 Å². The third kappa shape index (κ3) is 4.63. The van der Waals surface area contributed by atoms with Crippen molar-refractivity contribution in [1.82, 2.24) is 30.6 Å². The smallest absolute Gasteiger partial charge is 0.137 e. The zero-order valence-electron chi connectivity index (χ0n) is 21.0. The van der Waals surface area contributed by atoms with Crippen LogP contribution in [0.2, 0.25) is 0 Å². The van der Waals surface area contributed by atoms with Gasteiger partial charge in [-0.15, -0.1) is 0 Å². The molecule has 4 N–H and O–H groups in total. The lowest BCUT2D eigenvalue weighted by Gasteiger charge is -2.21. The summed E-state index contributed by atoms with van der Waals surface area (Å²) >= 11 is 0. The van der Waals surface area contributed by atoms with Crippen LogP contribution in [0.15, 0.2) is 73.1 Å². The van der Waals surface area contributed by atoms with Crippen LogP contribution in [0, 0.1) is 0 Å². The Kier molecular flexibility index (Phi) is 6.23. The molecule has 2 aliphatic rings. The van der Waals surface area contributed by atoms with Crippen molar-refractivity contribution in [2.75, 3.05) is 39.5 Å². The number of hydrogen-bond donors (Lipinski definition) is 4. The van der Waals surface area contributed by atoms with Gasteiger partial charge in [-0.05, 0) is 39.6 Å². The summed E-state index contributed by atoms with van der Waals surface area (Å²) in [6.45, 7) is 4.62. The first-order chi connectivity index (χ1) is 18.8. The predicted octanol–water partition coefficient (Wildman–Crippen LogP) is 4.61. The molecule has 0 spiro atoms. The highest BCUT2D eigenvalue weighted by molar-refractivity contribution is 5.90. The highest BCUT2D eigenvalue weighted by Crippen LogP contribution is 2.30. The van der Waals surface area contributed by atoms with Gasteiger partial charge in [-0.1, -0.05) is 48.5 Å². The maximum Gasteiger partial charge on any atom is 0.137 e. The molecule has 2 atom stereocenters. The van der Waals surface area contributed by atoms with Crippen molar-refractivity contribution in [3.05, 3.63) is 84.7 Å². The van der Waals surface area contributed by atoms with Crippen LogP contribution in [0.3, 0.4) is 0 Å². The van der Waals surface area contributed by atoms with Gasteiger partial charge in [0.1, 0.15) is 17.8 Å². The summed E-state index contributed by atoms with van der Waals surface area (Å²) in [6, 6.07) is 21.9. The van der Waals surface area contributed by atoms with Gasteiger partial charge < -0.3 is 30.1 Å². The molecular formula is C30H30N6O2. The highest BCUT2D eigenvalue weighted by Gasteiger charge is 2.20. The molecule has 0 amide bonds. The quantitative estimate of drug-likeness (QED) is 0.278. The Balaban J connectivity index is 1.09. The first-order valence-corrected chi connectivity index (χ1v) is 13.2. The van der Waals surface area contributed by atoms with Crippen LogP contribution in [0.25, 0.3) is 44.4 Å². The SMILES string of the molecule is c1cc(-c2cnc([C@H]3CNCCO3)[nH]2)ccc1-c1ccc2cc(-c3cnc([C@@H]4COCCN4)[nH]3)ccc2c1. The zero-order valence-corrected chi connectivity index (χ0v) is 21.0. The molecule has 38 heavy (non-hydrogen) atoms. The van der Waals surface area contributed by atoms with Crippen LogP contribution < -0.4 is 10.6 Å². The maximum absolute atomic E-state index is 5.82. The molecule has 3 aromatic carbocycles. The monoisotopic (exact) mass is 506 g/mol. The molecule has 7 rings (SSSR count). The van der Waals surface area contributed by atoms with E-state index in [1.807, 2.05) is 12.4 Å². The van der Waals surface area contributed by atoms with Crippen molar-refractivity contribution in [2.45, 2.75) is 12.1 Å². The number of nitrogens with one attached hydrogen (secondary N) is 4. The van der Waals surface area contributed by atoms with Crippen LogP contribution in [-0.2, 0) is 9.47 Å². The largest absolute Gasteiger partial charge is 0.378 e. The summed E-state index contributed by atoms with van der Waals surface area (Å²) in [5, 5.41) is 9.20. The molecule has 4 heterocycles. The molecule has 5 aromatic rings. The van der Waals surface area contributed by atoms with Crippen molar-refractivity contribution in [3.8, 4) is 33.6 Å². The Bertz CT molecular complexity index is 1540. The van der Waals surface area contributed by atoms with E-state index in [4.69, 9.17) is 9.47 Å². The summed E-state index contributed by atoms with van der Waals surface area (Å²) in [4.78, 5) is 16.0. The van der Waals surface area contributed by atoms with E-state index in [1.165, 1.54) is 21.9 Å². The number of aromatic nitrogens is 4. The maximum atomic E-state index is 5.82. The fourth-order valence-corrected chi connectivity index (χ4v) is 5.22. The molecule has 0 radical (unpaired) electrons. The number of benzene rings is 3. The average Bonchev–Trinajstić information content (AvgIpc) is 3.69. The number of ether oxygens (including phenoxy) is 2. The number of aromatic amines is 2. The van der Waals surface area contributed by atoms with Crippen LogP contribution in [-0.4, -0.2) is 59.4 Å². The minimum absolute atomic E-state index is 0.0197. The standard InChI is InChI=1S/C30H30N6O2/c1-3-20(25-15-34-30(36-25)28-17-31-9-12-38-28)4-2-19(1)21-5-6-23-14-24(8-7-22(23)13-21)26-16-33-29(35-26)27-18-37-11-10-32-27/h1-8,13-16,27-28,31-32H,9-12,17-18H2,(H,33,35)(H,34,36)/t27-,28+/m0/s1. The van der Waals surface area contributed by atoms with Crippen molar-refractivity contribution < 1.29 is 9.47 Å². The normalized spacial score (nSPS) is 20.1. The second kappa shape index (κ2) is 10.2. The molecule has 2 aliphatic heterocycles. The number of morpholine rings is 2. The number of imidazole rings is 2. The van der Waals surface area contributed by atoms with Crippen LogP contribution in [0.4, 0.5) is 0 Å². The molecule has 8 nitrogen and oxygen atoms in total. The Labute approximate surface area is 220 Å². The molecule has 2 aromatic heterocycles. The van der Waals surface area contributed by atoms with Crippen molar-refractivity contribution in [2.24, 2.45) is 0 Å². The second-order valence-corrected chi connectivity index (χ2v) is 9.86. The van der Waals surface area contributed by atoms with Gasteiger partial charge in [-0.25, -0.2) is 9.97 Å². The van der Waals surface area contributed by atoms with Crippen LogP contribution in [0.1, 0.15) is 23.8 Å². The Morgan fingerprint density at radius 3 is 2.13 bits per heavy atom. The number of H-pyrrole nitrogens is 2. The third-order valence-electron chi connectivity index (χ3n) is 7.36. The van der Waals surface area contributed by atoms with Crippen molar-refractivity contribution >= 4 is 10.8 Å². The van der Waals surface area contributed by atoms with Crippen LogP contribution in [0.5, 0.6) is 0 Å². The lowest BCUT2D eigenvalue weighted by Crippen LogP contribution is -2.35. The molecule has 0 aliphatic carbocycles. The molecular weight excluding hydrogens is 476 g/mol. The van der Waals surface area contributed by atoms with E-state index in [0.29, 0.717) is 13.2 Å². The van der Waals surface area contributed by atoms with Gasteiger partial charge >= 0.3 is 0 Å². The molecule has 0 saturated carbocycles. The Hall–Kier alpha value is -3.82. The van der Waals surface area contributed by atoms with E-state index in [-0.39, 0.29) is 12.1 Å². The summed E-state index contributed by atoms with van der Waals surface area (Å²) in [5.74, 6) is 1.79. The minimum atomic E-state index is -0.0197. The van der Waals surface area contributed by atoms with Gasteiger partial charge in [0.15, 0.2) is 0 Å². The number of rotatable bonds is 5. The average molecular weight is 507 g/mol. The summed E-state index contributed by atoms with van der Waals surface area (Å²) in [7, 11) is 0. The summed E-state index contributed by atoms with van der Waals surface area (Å²) in [5.41, 5.74) is 6.62. The molecule has 2 fully saturated rings. The van der Waals surface area contributed by atoms with Gasteiger partial charge in [0, 0.05) is 25.2 Å². The van der Waals surface area contributed by atoms with Crippen molar-refractivity contribution in [3.63, 3.8) is 0 Å². The minimum Gasteiger partial charge on any atom is -0.378 e. The fourth-order valence-electron chi connectivity index (χ4n) is 5.22. The first-order valence-electron chi connectivity index (χ1n) is 13.2. The molecule has 192 valence electrons. The third-order valence-corrected chi connectivity index (χ3v) is 7.36. The zero-order chi connectivity index (χ0) is 25.3. The van der Waals surface area contributed by atoms with E-state index < -0.39 is 0 Å². The molecule has 0 unspecified atom stereocenters. The van der Waals surface area contributed by atoms with E-state index in [0.717, 1.165) is 60.4 Å². The lowest BCUT2D eigenvalue weighted by atomic mass is 9.98. The summed E-state index contributed by atoms with van der Waals surface area (Å²) < 4.78 is 11.4. The van der Waals surface area contributed by atoms with E-state index in [9.17, 15) is 0 Å². The second-order valence-electron chi connectivity index (χ2n) is 9.86. The lowest BCUT2D eigenvalue weighted by molar-refractivity contribution is 0.0227. The molecule has 0 bridgehead atoms. The van der Waals surface area contributed by atoms with Crippen LogP contribution >= 0.6 is 0 Å². The Morgan fingerprint density at radius 2 is 1.37 bits per heavy atom. The van der Waals surface area contributed by atoms with Gasteiger partial charge in [0.2, 0.25) is 0 Å². The molecule has 8 heteroatoms. The summed E-state index contributed by atoms with van der Waals surface area (Å²) in [6.07, 6.45) is 3.77. The number of fused-ring (bicyclic) bond motifs is 1. The van der Waals surface area contributed by atoms with Gasteiger partial charge in [0.05, 0.1) is 49.6 Å². The number of nitrogens with zero attached hydrogens (tertiary/aromatic N) is 2. The van der Waals surface area contributed by atoms with E-state index in [2.05, 4.69) is 91.2 Å². The van der Waals surface area contributed by atoms with Crippen molar-refractivity contribution in [1.29, 1.82) is 0 Å². The predicted molar refractivity (Wildman–Crippen MR) is 148 cm³/mol. The topological polar surface area (TPSA) is 99.9 Å². The molecule has 2 saturated heterocycles.